The lowest BCUT2D eigenvalue weighted by atomic mass is 10.3. The molecular weight excluding hydrogens is 428 g/mol. The third kappa shape index (κ3) is 14.2. The molecule has 0 aromatic carbocycles. The van der Waals surface area contributed by atoms with Crippen LogP contribution in [0.5, 0.6) is 0 Å². The first-order valence-corrected chi connectivity index (χ1v) is 23.9. The molecule has 0 saturated carbocycles. The van der Waals surface area contributed by atoms with Gasteiger partial charge in [0, 0.05) is 13.1 Å². The van der Waals surface area contributed by atoms with Crippen LogP contribution in [0.4, 0.5) is 0 Å². The van der Waals surface area contributed by atoms with E-state index in [0.717, 1.165) is 13.1 Å². The average molecular weight is 463 g/mol. The molecule has 23 heavy (non-hydrogen) atoms. The second kappa shape index (κ2) is 15.5. The molecule has 0 radical (unpaired) electrons. The molecule has 0 bridgehead atoms. The van der Waals surface area contributed by atoms with Gasteiger partial charge in [0.1, 0.15) is 0 Å². The summed E-state index contributed by atoms with van der Waals surface area (Å²) in [6.07, 6.45) is 6.19. The Morgan fingerprint density at radius 3 is 2.00 bits per heavy atom. The number of hydrogen-bond acceptors (Lipinski definition) is 3. The van der Waals surface area contributed by atoms with E-state index in [1.54, 1.807) is 0 Å². The van der Waals surface area contributed by atoms with Gasteiger partial charge in [-0.05, 0) is 38.9 Å². The van der Waals surface area contributed by atoms with E-state index in [1.807, 2.05) is 6.34 Å². The van der Waals surface area contributed by atoms with Gasteiger partial charge in [-0.3, -0.25) is 4.99 Å². The summed E-state index contributed by atoms with van der Waals surface area (Å²) in [7, 11) is 12.4. The fourth-order valence-corrected chi connectivity index (χ4v) is 14.4. The molecule has 11 heteroatoms. The lowest BCUT2D eigenvalue weighted by molar-refractivity contribution is 0.261. The van der Waals surface area contributed by atoms with E-state index in [4.69, 9.17) is 0 Å². The van der Waals surface area contributed by atoms with Crippen molar-refractivity contribution >= 4 is 74.1 Å². The summed E-state index contributed by atoms with van der Waals surface area (Å²) in [5.41, 5.74) is 0. The quantitative estimate of drug-likeness (QED) is 0.224. The Labute approximate surface area is 159 Å². The smallest absolute Gasteiger partial charge is 0.0851 e. The normalized spacial score (nSPS) is 15.9. The molecule has 1 heterocycles. The summed E-state index contributed by atoms with van der Waals surface area (Å²) in [6.45, 7) is 7.79. The van der Waals surface area contributed by atoms with Crippen LogP contribution in [0.25, 0.3) is 0 Å². The maximum atomic E-state index is 4.31. The van der Waals surface area contributed by atoms with E-state index in [1.165, 1.54) is 57.5 Å². The molecule has 0 fully saturated rings. The Bertz CT molecular complexity index is 309. The molecule has 1 aliphatic rings. The van der Waals surface area contributed by atoms with Gasteiger partial charge in [-0.1, -0.05) is 25.8 Å². The number of rotatable bonds is 14. The molecule has 0 spiro atoms. The van der Waals surface area contributed by atoms with Gasteiger partial charge in [-0.25, -0.2) is 0 Å². The van der Waals surface area contributed by atoms with Crippen LogP contribution < -0.4 is 0 Å². The molecule has 0 aromatic heterocycles. The van der Waals surface area contributed by atoms with Crippen molar-refractivity contribution < 1.29 is 0 Å². The Morgan fingerprint density at radius 2 is 1.52 bits per heavy atom. The van der Waals surface area contributed by atoms with Crippen LogP contribution in [-0.2, 0) is 0 Å². The van der Waals surface area contributed by atoms with Crippen molar-refractivity contribution in [1.82, 2.24) is 9.80 Å². The monoisotopic (exact) mass is 463 g/mol. The zero-order valence-corrected chi connectivity index (χ0v) is 23.6. The van der Waals surface area contributed by atoms with Gasteiger partial charge in [-0.15, -0.1) is 35.7 Å². The van der Waals surface area contributed by atoms with Gasteiger partial charge < -0.3 is 9.80 Å². The molecule has 0 N–H and O–H groups in total. The predicted molar refractivity (Wildman–Crippen MR) is 135 cm³/mol. The van der Waals surface area contributed by atoms with Gasteiger partial charge in [0.2, 0.25) is 0 Å². The summed E-state index contributed by atoms with van der Waals surface area (Å²) < 4.78 is 0. The highest BCUT2D eigenvalue weighted by Gasteiger charge is 2.09. The molecule has 1 rings (SSSR count). The minimum Gasteiger partial charge on any atom is -0.361 e. The minimum absolute atomic E-state index is 0.180. The number of nitrogens with zero attached hydrogens (tertiary/aromatic N) is 3. The van der Waals surface area contributed by atoms with E-state index >= 15 is 0 Å². The Morgan fingerprint density at radius 1 is 0.957 bits per heavy atom. The number of aliphatic imine (C=N–C) groups is 1. The van der Waals surface area contributed by atoms with Crippen molar-refractivity contribution in [3.63, 3.8) is 0 Å². The first-order valence-electron chi connectivity index (χ1n) is 8.58. The van der Waals surface area contributed by atoms with Gasteiger partial charge in [0.15, 0.2) is 0 Å². The van der Waals surface area contributed by atoms with E-state index in [2.05, 4.69) is 50.5 Å². The van der Waals surface area contributed by atoms with Crippen molar-refractivity contribution in [2.24, 2.45) is 4.99 Å². The molecule has 0 amide bonds. The molecule has 0 aliphatic carbocycles. The lowest BCUT2D eigenvalue weighted by Gasteiger charge is -2.24. The van der Waals surface area contributed by atoms with Crippen LogP contribution in [-0.4, -0.2) is 73.8 Å². The van der Waals surface area contributed by atoms with E-state index in [9.17, 15) is 0 Å². The van der Waals surface area contributed by atoms with Crippen LogP contribution in [0.3, 0.4) is 0 Å². The Kier molecular flexibility index (Phi) is 15.8. The summed E-state index contributed by atoms with van der Waals surface area (Å²) in [4.78, 5) is 9.44. The zero-order valence-electron chi connectivity index (χ0n) is 14.3. The van der Waals surface area contributed by atoms with Crippen molar-refractivity contribution in [3.8, 4) is 0 Å². The van der Waals surface area contributed by atoms with Crippen LogP contribution in [0.1, 0.15) is 19.3 Å². The SMILES string of the molecule is PP(P)[SiH2]CCCN(CCC[SiH2]P(P)P)CCCN1C=NCC1. The van der Waals surface area contributed by atoms with E-state index < -0.39 is 0 Å². The second-order valence-corrected chi connectivity index (χ2v) is 37.9. The van der Waals surface area contributed by atoms with E-state index in [-0.39, 0.29) is 32.1 Å². The minimum atomic E-state index is 0.180. The van der Waals surface area contributed by atoms with Crippen molar-refractivity contribution in [2.75, 3.05) is 39.3 Å². The largest absolute Gasteiger partial charge is 0.361 e. The summed E-state index contributed by atoms with van der Waals surface area (Å²) >= 11 is 0. The second-order valence-electron chi connectivity index (χ2n) is 6.14. The van der Waals surface area contributed by atoms with Crippen molar-refractivity contribution in [1.29, 1.82) is 0 Å². The third-order valence-electron chi connectivity index (χ3n) is 3.96. The highest BCUT2D eigenvalue weighted by atomic mass is 32.5. The van der Waals surface area contributed by atoms with Crippen LogP contribution in [0.2, 0.25) is 12.1 Å². The topological polar surface area (TPSA) is 18.8 Å². The fourth-order valence-electron chi connectivity index (χ4n) is 2.68. The summed E-state index contributed by atoms with van der Waals surface area (Å²) in [5, 5.41) is 0. The Balaban J connectivity index is 2.17. The molecule has 136 valence electrons. The maximum absolute atomic E-state index is 4.31. The third-order valence-corrected chi connectivity index (χ3v) is 20.9. The highest BCUT2D eigenvalue weighted by Crippen LogP contribution is 2.52. The molecule has 0 saturated heterocycles. The maximum Gasteiger partial charge on any atom is 0.0851 e. The van der Waals surface area contributed by atoms with Crippen LogP contribution in [0, 0.1) is 0 Å². The molecule has 1 aliphatic heterocycles. The molecule has 4 atom stereocenters. The first kappa shape index (κ1) is 23.5. The van der Waals surface area contributed by atoms with Gasteiger partial charge in [0.25, 0.3) is 0 Å². The highest BCUT2D eigenvalue weighted by molar-refractivity contribution is 8.54. The van der Waals surface area contributed by atoms with Gasteiger partial charge in [0.05, 0.1) is 31.3 Å². The molecule has 3 nitrogen and oxygen atoms in total. The molecule has 4 unspecified atom stereocenters. The van der Waals surface area contributed by atoms with Crippen molar-refractivity contribution in [2.45, 2.75) is 31.4 Å². The average Bonchev–Trinajstić information content (AvgIpc) is 3.00. The molecular formula is C12H35N3P6Si2. The number of hydrogen-bond donors (Lipinski definition) is 0. The summed E-state index contributed by atoms with van der Waals surface area (Å²) in [5.74, 6) is 0. The van der Waals surface area contributed by atoms with Gasteiger partial charge >= 0.3 is 0 Å². The lowest BCUT2D eigenvalue weighted by Crippen LogP contribution is -2.30. The predicted octanol–water partition coefficient (Wildman–Crippen LogP) is 2.93. The standard InChI is InChI=1S/C12H35N3P6Si2/c16-20(17)22-10-2-7-14(8-3-11-23-21(18)19)5-1-6-15-9-4-13-12-15/h12H,1-11,16-19,22-23H2. The zero-order chi connectivity index (χ0) is 16.9. The fraction of sp³-hybridized carbons (Fsp3) is 0.917. The van der Waals surface area contributed by atoms with Crippen LogP contribution in [0.15, 0.2) is 4.99 Å². The van der Waals surface area contributed by atoms with Crippen LogP contribution >= 0.6 is 49.4 Å². The van der Waals surface area contributed by atoms with E-state index in [0.29, 0.717) is 0 Å². The summed E-state index contributed by atoms with van der Waals surface area (Å²) in [6, 6.07) is 3.04. The van der Waals surface area contributed by atoms with Crippen molar-refractivity contribution in [3.05, 3.63) is 0 Å². The molecule has 0 aromatic rings. The Hall–Kier alpha value is 2.44. The van der Waals surface area contributed by atoms with Gasteiger partial charge in [-0.2, -0.15) is 0 Å². The first-order chi connectivity index (χ1) is 11.1.